The van der Waals surface area contributed by atoms with Gasteiger partial charge in [-0.25, -0.2) is 0 Å². The van der Waals surface area contributed by atoms with E-state index in [1.165, 1.54) is 12.1 Å². The van der Waals surface area contributed by atoms with Crippen LogP contribution in [-0.4, -0.2) is 21.8 Å². The summed E-state index contributed by atoms with van der Waals surface area (Å²) in [6, 6.07) is 4.63. The van der Waals surface area contributed by atoms with Gasteiger partial charge < -0.3 is 20.0 Å². The number of carboxylic acids is 1. The Morgan fingerprint density at radius 1 is 1.38 bits per heavy atom. The van der Waals surface area contributed by atoms with E-state index in [0.717, 1.165) is 5.52 Å². The maximum atomic E-state index is 11.0. The average Bonchev–Trinajstić information content (AvgIpc) is 2.61. The highest BCUT2D eigenvalue weighted by Gasteiger charge is 2.09. The number of Topliss-reactive ketones (excluding diaryl/α,β-unsaturated/α-hetero) is 1. The lowest BCUT2D eigenvalue weighted by atomic mass is 10.1. The van der Waals surface area contributed by atoms with Crippen LogP contribution in [0.5, 0.6) is 5.75 Å². The van der Waals surface area contributed by atoms with Crippen molar-refractivity contribution >= 4 is 22.7 Å². The van der Waals surface area contributed by atoms with Crippen molar-refractivity contribution in [3.8, 4) is 5.75 Å². The highest BCUT2D eigenvalue weighted by molar-refractivity contribution is 6.32. The predicted octanol–water partition coefficient (Wildman–Crippen LogP) is -0.265. The van der Waals surface area contributed by atoms with Gasteiger partial charge in [0.1, 0.15) is 11.7 Å². The summed E-state index contributed by atoms with van der Waals surface area (Å²) >= 11 is 0. The fourth-order valence-corrected chi connectivity index (χ4v) is 1.56. The molecule has 82 valence electrons. The van der Waals surface area contributed by atoms with Gasteiger partial charge in [0.15, 0.2) is 5.78 Å². The van der Waals surface area contributed by atoms with Crippen LogP contribution >= 0.6 is 0 Å². The second kappa shape index (κ2) is 3.69. The van der Waals surface area contributed by atoms with Crippen LogP contribution in [0.2, 0.25) is 0 Å². The van der Waals surface area contributed by atoms with E-state index in [1.54, 1.807) is 12.3 Å². The number of nitrogens with one attached hydrogen (secondary N) is 1. The zero-order valence-corrected chi connectivity index (χ0v) is 8.19. The van der Waals surface area contributed by atoms with Crippen LogP contribution in [0.3, 0.4) is 0 Å². The number of aromatic amines is 1. The fraction of sp³-hybridized carbons (Fsp3) is 0.0909. The lowest BCUT2D eigenvalue weighted by Crippen LogP contribution is -2.32. The smallest absolute Gasteiger partial charge is 0.182 e. The summed E-state index contributed by atoms with van der Waals surface area (Å²) in [5.41, 5.74) is 1.26. The number of carbonyl (C=O) groups is 2. The number of hydrogen-bond acceptors (Lipinski definition) is 4. The third kappa shape index (κ3) is 1.75. The van der Waals surface area contributed by atoms with E-state index in [-0.39, 0.29) is 12.2 Å². The summed E-state index contributed by atoms with van der Waals surface area (Å²) in [4.78, 5) is 24.2. The zero-order chi connectivity index (χ0) is 11.7. The summed E-state index contributed by atoms with van der Waals surface area (Å²) < 4.78 is 0. The number of phenolic OH excluding ortho intramolecular Hbond substituents is 1. The minimum Gasteiger partial charge on any atom is -0.542 e. The third-order valence-corrected chi connectivity index (χ3v) is 2.33. The average molecular weight is 218 g/mol. The number of H-pyrrole nitrogens is 1. The number of carboxylic acid groups (broad SMARTS) is 1. The van der Waals surface area contributed by atoms with Crippen molar-refractivity contribution in [3.63, 3.8) is 0 Å². The van der Waals surface area contributed by atoms with Crippen molar-refractivity contribution in [1.82, 2.24) is 4.98 Å². The Labute approximate surface area is 90.3 Å². The van der Waals surface area contributed by atoms with Gasteiger partial charge in [-0.15, -0.1) is 0 Å². The predicted molar refractivity (Wildman–Crippen MR) is 53.7 cm³/mol. The summed E-state index contributed by atoms with van der Waals surface area (Å²) in [7, 11) is 0. The van der Waals surface area contributed by atoms with Gasteiger partial charge in [-0.05, 0) is 23.8 Å². The molecule has 2 rings (SSSR count). The number of aromatic hydroxyl groups is 1. The lowest BCUT2D eigenvalue weighted by molar-refractivity contribution is -0.299. The first-order valence-electron chi connectivity index (χ1n) is 4.61. The Hall–Kier alpha value is -2.30. The van der Waals surface area contributed by atoms with Gasteiger partial charge in [0.05, 0.1) is 0 Å². The SMILES string of the molecule is O=C([O-])C(=O)Cc1c[nH]c2ccc(O)cc12. The number of fused-ring (bicyclic) bond motifs is 1. The molecular formula is C11H8NO4-. The maximum Gasteiger partial charge on any atom is 0.182 e. The van der Waals surface area contributed by atoms with Crippen LogP contribution in [0.15, 0.2) is 24.4 Å². The quantitative estimate of drug-likeness (QED) is 0.694. The Morgan fingerprint density at radius 3 is 2.81 bits per heavy atom. The zero-order valence-electron chi connectivity index (χ0n) is 8.19. The molecule has 16 heavy (non-hydrogen) atoms. The van der Waals surface area contributed by atoms with Crippen molar-refractivity contribution in [3.05, 3.63) is 30.0 Å². The molecule has 1 heterocycles. The topological polar surface area (TPSA) is 93.2 Å². The lowest BCUT2D eigenvalue weighted by Gasteiger charge is -2.00. The van der Waals surface area contributed by atoms with Gasteiger partial charge in [-0.1, -0.05) is 0 Å². The van der Waals surface area contributed by atoms with Crippen molar-refractivity contribution in [1.29, 1.82) is 0 Å². The molecule has 2 N–H and O–H groups in total. The first-order valence-corrected chi connectivity index (χ1v) is 4.61. The molecular weight excluding hydrogens is 210 g/mol. The van der Waals surface area contributed by atoms with Crippen LogP contribution in [0.4, 0.5) is 0 Å². The van der Waals surface area contributed by atoms with E-state index in [9.17, 15) is 19.8 Å². The number of hydrogen-bond donors (Lipinski definition) is 2. The molecule has 0 saturated heterocycles. The molecule has 0 unspecified atom stereocenters. The Kier molecular flexibility index (Phi) is 2.36. The number of carbonyl (C=O) groups excluding carboxylic acids is 2. The number of aliphatic carboxylic acids is 1. The first kappa shape index (κ1) is 10.2. The van der Waals surface area contributed by atoms with E-state index in [1.807, 2.05) is 0 Å². The highest BCUT2D eigenvalue weighted by atomic mass is 16.4. The minimum atomic E-state index is -1.70. The monoisotopic (exact) mass is 218 g/mol. The number of rotatable bonds is 3. The number of benzene rings is 1. The molecule has 0 aliphatic heterocycles. The van der Waals surface area contributed by atoms with Crippen LogP contribution in [0.1, 0.15) is 5.56 Å². The molecule has 5 nitrogen and oxygen atoms in total. The molecule has 0 bridgehead atoms. The minimum absolute atomic E-state index is 0.0641. The fourth-order valence-electron chi connectivity index (χ4n) is 1.56. The molecule has 1 aromatic heterocycles. The van der Waals surface area contributed by atoms with Crippen molar-refractivity contribution in [2.45, 2.75) is 6.42 Å². The number of ketones is 1. The summed E-state index contributed by atoms with van der Waals surface area (Å²) in [5, 5.41) is 20.2. The van der Waals surface area contributed by atoms with Crippen LogP contribution < -0.4 is 5.11 Å². The van der Waals surface area contributed by atoms with E-state index in [0.29, 0.717) is 10.9 Å². The van der Waals surface area contributed by atoms with Gasteiger partial charge in [0.2, 0.25) is 0 Å². The number of phenols is 1. The molecule has 2 aromatic rings. The van der Waals surface area contributed by atoms with E-state index in [2.05, 4.69) is 4.98 Å². The Bertz CT molecular complexity index is 570. The Morgan fingerprint density at radius 2 is 2.12 bits per heavy atom. The molecule has 0 spiro atoms. The summed E-state index contributed by atoms with van der Waals surface area (Å²) in [6.07, 6.45) is 1.30. The summed E-state index contributed by atoms with van der Waals surface area (Å²) in [5.74, 6) is -2.62. The number of aromatic nitrogens is 1. The Balaban J connectivity index is 2.41. The molecule has 1 aromatic carbocycles. The molecule has 0 aliphatic rings. The van der Waals surface area contributed by atoms with E-state index in [4.69, 9.17) is 0 Å². The molecule has 0 atom stereocenters. The van der Waals surface area contributed by atoms with Gasteiger partial charge in [0.25, 0.3) is 0 Å². The van der Waals surface area contributed by atoms with E-state index < -0.39 is 11.8 Å². The second-order valence-electron chi connectivity index (χ2n) is 3.43. The van der Waals surface area contributed by atoms with Gasteiger partial charge in [0, 0.05) is 23.5 Å². The molecule has 0 fully saturated rings. The molecule has 0 saturated carbocycles. The van der Waals surface area contributed by atoms with Crippen molar-refractivity contribution in [2.75, 3.05) is 0 Å². The van der Waals surface area contributed by atoms with Gasteiger partial charge in [-0.3, -0.25) is 4.79 Å². The van der Waals surface area contributed by atoms with Crippen molar-refractivity contribution < 1.29 is 19.8 Å². The summed E-state index contributed by atoms with van der Waals surface area (Å²) in [6.45, 7) is 0. The molecule has 5 heteroatoms. The third-order valence-electron chi connectivity index (χ3n) is 2.33. The van der Waals surface area contributed by atoms with Gasteiger partial charge >= 0.3 is 0 Å². The molecule has 0 radical (unpaired) electrons. The van der Waals surface area contributed by atoms with Crippen LogP contribution in [-0.2, 0) is 16.0 Å². The normalized spacial score (nSPS) is 10.5. The molecule has 0 amide bonds. The van der Waals surface area contributed by atoms with Crippen LogP contribution in [0.25, 0.3) is 10.9 Å². The van der Waals surface area contributed by atoms with Crippen molar-refractivity contribution in [2.24, 2.45) is 0 Å². The highest BCUT2D eigenvalue weighted by Crippen LogP contribution is 2.23. The van der Waals surface area contributed by atoms with Gasteiger partial charge in [-0.2, -0.15) is 0 Å². The maximum absolute atomic E-state index is 11.0. The molecule has 0 aliphatic carbocycles. The second-order valence-corrected chi connectivity index (χ2v) is 3.43. The van der Waals surface area contributed by atoms with Crippen LogP contribution in [0, 0.1) is 0 Å². The largest absolute Gasteiger partial charge is 0.542 e. The first-order chi connectivity index (χ1) is 7.58. The van der Waals surface area contributed by atoms with E-state index >= 15 is 0 Å². The standard InChI is InChI=1S/C11H9NO4/c13-7-1-2-9-8(4-7)6(5-12-9)3-10(14)11(15)16/h1-2,4-5,12-13H,3H2,(H,15,16)/p-1.